The third-order valence-corrected chi connectivity index (χ3v) is 3.55. The molecule has 1 aliphatic heterocycles. The lowest BCUT2D eigenvalue weighted by Crippen LogP contribution is -2.38. The standard InChI is InChI=1S/C14H20FN/c1-11-8-12(10-13(15)9-11)14(2)6-4-3-5-7-16-14/h8-10,16H,3-7H2,1-2H3. The first-order chi connectivity index (χ1) is 7.60. The van der Waals surface area contributed by atoms with Gasteiger partial charge in [-0.05, 0) is 56.5 Å². The Bertz CT molecular complexity index is 345. The van der Waals surface area contributed by atoms with Crippen molar-refractivity contribution in [2.75, 3.05) is 6.54 Å². The van der Waals surface area contributed by atoms with Crippen molar-refractivity contribution < 1.29 is 4.39 Å². The molecule has 1 aromatic carbocycles. The van der Waals surface area contributed by atoms with Crippen molar-refractivity contribution >= 4 is 0 Å². The van der Waals surface area contributed by atoms with Crippen molar-refractivity contribution in [1.82, 2.24) is 5.32 Å². The second kappa shape index (κ2) is 4.54. The molecule has 2 heteroatoms. The third kappa shape index (κ3) is 2.43. The number of hydrogen-bond donors (Lipinski definition) is 1. The van der Waals surface area contributed by atoms with Gasteiger partial charge in [0.1, 0.15) is 5.82 Å². The number of benzene rings is 1. The smallest absolute Gasteiger partial charge is 0.123 e. The second-order valence-electron chi connectivity index (χ2n) is 5.09. The summed E-state index contributed by atoms with van der Waals surface area (Å²) in [5, 5.41) is 3.56. The van der Waals surface area contributed by atoms with Gasteiger partial charge in [-0.15, -0.1) is 0 Å². The number of aryl methyl sites for hydroxylation is 1. The molecule has 1 heterocycles. The van der Waals surface area contributed by atoms with E-state index in [1.807, 2.05) is 6.92 Å². The van der Waals surface area contributed by atoms with Gasteiger partial charge < -0.3 is 5.32 Å². The summed E-state index contributed by atoms with van der Waals surface area (Å²) in [6, 6.07) is 5.36. The Kier molecular flexibility index (Phi) is 3.29. The van der Waals surface area contributed by atoms with Crippen LogP contribution in [0.15, 0.2) is 18.2 Å². The minimum absolute atomic E-state index is 0.0522. The van der Waals surface area contributed by atoms with Crippen LogP contribution in [0.25, 0.3) is 0 Å². The molecule has 0 bridgehead atoms. The van der Waals surface area contributed by atoms with E-state index >= 15 is 0 Å². The molecule has 16 heavy (non-hydrogen) atoms. The van der Waals surface area contributed by atoms with Crippen LogP contribution in [0.5, 0.6) is 0 Å². The lowest BCUT2D eigenvalue weighted by Gasteiger charge is -2.30. The SMILES string of the molecule is Cc1cc(F)cc(C2(C)CCCCCN2)c1. The lowest BCUT2D eigenvalue weighted by molar-refractivity contribution is 0.358. The van der Waals surface area contributed by atoms with E-state index in [0.29, 0.717) is 0 Å². The van der Waals surface area contributed by atoms with E-state index in [4.69, 9.17) is 0 Å². The highest BCUT2D eigenvalue weighted by Gasteiger charge is 2.27. The fourth-order valence-electron chi connectivity index (χ4n) is 2.53. The van der Waals surface area contributed by atoms with Gasteiger partial charge >= 0.3 is 0 Å². The maximum Gasteiger partial charge on any atom is 0.123 e. The summed E-state index contributed by atoms with van der Waals surface area (Å²) in [6.07, 6.45) is 4.82. The van der Waals surface area contributed by atoms with E-state index in [0.717, 1.165) is 24.1 Å². The zero-order valence-corrected chi connectivity index (χ0v) is 10.1. The van der Waals surface area contributed by atoms with Crippen molar-refractivity contribution in [3.05, 3.63) is 35.1 Å². The maximum absolute atomic E-state index is 13.4. The molecular formula is C14H20FN. The van der Waals surface area contributed by atoms with Crippen LogP contribution in [0.2, 0.25) is 0 Å². The molecule has 0 amide bonds. The van der Waals surface area contributed by atoms with Gasteiger partial charge in [0.2, 0.25) is 0 Å². The lowest BCUT2D eigenvalue weighted by atomic mass is 9.87. The first-order valence-electron chi connectivity index (χ1n) is 6.13. The average molecular weight is 221 g/mol. The fraction of sp³-hybridized carbons (Fsp3) is 0.571. The van der Waals surface area contributed by atoms with Crippen molar-refractivity contribution in [3.63, 3.8) is 0 Å². The molecule has 1 N–H and O–H groups in total. The minimum atomic E-state index is -0.123. The predicted molar refractivity (Wildman–Crippen MR) is 65.0 cm³/mol. The third-order valence-electron chi connectivity index (χ3n) is 3.55. The molecule has 1 aromatic rings. The second-order valence-corrected chi connectivity index (χ2v) is 5.09. The van der Waals surface area contributed by atoms with Gasteiger partial charge in [0, 0.05) is 5.54 Å². The molecule has 0 aliphatic carbocycles. The summed E-state index contributed by atoms with van der Waals surface area (Å²) in [7, 11) is 0. The van der Waals surface area contributed by atoms with Gasteiger partial charge in [-0.2, -0.15) is 0 Å². The molecule has 0 spiro atoms. The quantitative estimate of drug-likeness (QED) is 0.765. The highest BCUT2D eigenvalue weighted by atomic mass is 19.1. The number of halogens is 1. The molecule has 1 unspecified atom stereocenters. The van der Waals surface area contributed by atoms with Gasteiger partial charge in [-0.3, -0.25) is 0 Å². The van der Waals surface area contributed by atoms with Crippen LogP contribution in [0.1, 0.15) is 43.7 Å². The number of rotatable bonds is 1. The summed E-state index contributed by atoms with van der Waals surface area (Å²) in [5.74, 6) is -0.123. The monoisotopic (exact) mass is 221 g/mol. The maximum atomic E-state index is 13.4. The Hall–Kier alpha value is -0.890. The Balaban J connectivity index is 2.32. The molecule has 0 saturated carbocycles. The van der Waals surface area contributed by atoms with Crippen LogP contribution >= 0.6 is 0 Å². The van der Waals surface area contributed by atoms with Crippen LogP contribution in [0.3, 0.4) is 0 Å². The Morgan fingerprint density at radius 1 is 1.19 bits per heavy atom. The molecule has 1 nitrogen and oxygen atoms in total. The summed E-state index contributed by atoms with van der Waals surface area (Å²) < 4.78 is 13.4. The van der Waals surface area contributed by atoms with E-state index in [2.05, 4.69) is 18.3 Å². The Morgan fingerprint density at radius 3 is 2.75 bits per heavy atom. The van der Waals surface area contributed by atoms with E-state index in [-0.39, 0.29) is 11.4 Å². The van der Waals surface area contributed by atoms with Gasteiger partial charge in [-0.25, -0.2) is 4.39 Å². The fourth-order valence-corrected chi connectivity index (χ4v) is 2.53. The molecule has 1 aliphatic rings. The normalized spacial score (nSPS) is 26.4. The molecule has 0 radical (unpaired) electrons. The Morgan fingerprint density at radius 2 is 2.00 bits per heavy atom. The van der Waals surface area contributed by atoms with Crippen molar-refractivity contribution in [3.8, 4) is 0 Å². The molecular weight excluding hydrogens is 201 g/mol. The zero-order valence-electron chi connectivity index (χ0n) is 10.1. The number of hydrogen-bond acceptors (Lipinski definition) is 1. The van der Waals surface area contributed by atoms with Crippen LogP contribution in [0, 0.1) is 12.7 Å². The van der Waals surface area contributed by atoms with Crippen molar-refractivity contribution in [2.24, 2.45) is 0 Å². The first-order valence-corrected chi connectivity index (χ1v) is 6.13. The first kappa shape index (κ1) is 11.6. The topological polar surface area (TPSA) is 12.0 Å². The van der Waals surface area contributed by atoms with E-state index in [1.165, 1.54) is 19.3 Å². The van der Waals surface area contributed by atoms with Gasteiger partial charge in [0.25, 0.3) is 0 Å². The highest BCUT2D eigenvalue weighted by Crippen LogP contribution is 2.30. The molecule has 1 saturated heterocycles. The largest absolute Gasteiger partial charge is 0.308 e. The van der Waals surface area contributed by atoms with Crippen molar-refractivity contribution in [1.29, 1.82) is 0 Å². The van der Waals surface area contributed by atoms with Gasteiger partial charge in [0.05, 0.1) is 0 Å². The number of nitrogens with one attached hydrogen (secondary N) is 1. The minimum Gasteiger partial charge on any atom is -0.308 e. The average Bonchev–Trinajstić information content (AvgIpc) is 2.43. The van der Waals surface area contributed by atoms with Crippen LogP contribution in [0.4, 0.5) is 4.39 Å². The predicted octanol–water partition coefficient (Wildman–Crippen LogP) is 3.51. The van der Waals surface area contributed by atoms with E-state index in [9.17, 15) is 4.39 Å². The van der Waals surface area contributed by atoms with Crippen LogP contribution < -0.4 is 5.32 Å². The Labute approximate surface area is 97.1 Å². The molecule has 88 valence electrons. The van der Waals surface area contributed by atoms with E-state index in [1.54, 1.807) is 12.1 Å². The zero-order chi connectivity index (χ0) is 11.6. The molecule has 2 rings (SSSR count). The van der Waals surface area contributed by atoms with Crippen molar-refractivity contribution in [2.45, 2.75) is 45.1 Å². The summed E-state index contributed by atoms with van der Waals surface area (Å²) >= 11 is 0. The van der Waals surface area contributed by atoms with Gasteiger partial charge in [-0.1, -0.05) is 18.9 Å². The summed E-state index contributed by atoms with van der Waals surface area (Å²) in [4.78, 5) is 0. The van der Waals surface area contributed by atoms with Gasteiger partial charge in [0.15, 0.2) is 0 Å². The summed E-state index contributed by atoms with van der Waals surface area (Å²) in [6.45, 7) is 5.17. The summed E-state index contributed by atoms with van der Waals surface area (Å²) in [5.41, 5.74) is 2.04. The molecule has 1 atom stereocenters. The molecule has 1 fully saturated rings. The highest BCUT2D eigenvalue weighted by molar-refractivity contribution is 5.29. The van der Waals surface area contributed by atoms with Crippen LogP contribution in [-0.2, 0) is 5.54 Å². The van der Waals surface area contributed by atoms with Crippen LogP contribution in [-0.4, -0.2) is 6.54 Å². The van der Waals surface area contributed by atoms with E-state index < -0.39 is 0 Å². The molecule has 0 aromatic heterocycles.